The lowest BCUT2D eigenvalue weighted by Gasteiger charge is -2.52. The molecule has 1 N–H and O–H groups in total. The average Bonchev–Trinajstić information content (AvgIpc) is 2.55. The highest BCUT2D eigenvalue weighted by atomic mass is 16.6. The molecule has 0 radical (unpaired) electrons. The monoisotopic (exact) mass is 305 g/mol. The van der Waals surface area contributed by atoms with E-state index in [1.807, 2.05) is 0 Å². The standard InChI is InChI=1S/C16H21N2O4/c19-11-14-9-18(7-5-12(14)6-8-18)10-16(20)13-1-3-15(4-2-13)17(21)22/h1-4,12,14,19H,5-11H2/q+1. The minimum absolute atomic E-state index is 0.00252. The topological polar surface area (TPSA) is 80.4 Å². The number of carbonyl (C=O) groups excluding carboxylic acids is 1. The number of rotatable bonds is 5. The number of aliphatic hydroxyl groups is 1. The highest BCUT2D eigenvalue weighted by Crippen LogP contribution is 2.37. The van der Waals surface area contributed by atoms with Gasteiger partial charge in [-0.25, -0.2) is 0 Å². The van der Waals surface area contributed by atoms with Gasteiger partial charge in [0, 0.05) is 36.5 Å². The number of benzene rings is 1. The molecular weight excluding hydrogens is 284 g/mol. The van der Waals surface area contributed by atoms with E-state index in [9.17, 15) is 20.0 Å². The minimum atomic E-state index is -0.461. The first kappa shape index (κ1) is 15.1. The summed E-state index contributed by atoms with van der Waals surface area (Å²) in [5.41, 5.74) is 0.536. The second-order valence-corrected chi connectivity index (χ2v) is 6.64. The fraction of sp³-hybridized carbons (Fsp3) is 0.562. The molecule has 3 aliphatic heterocycles. The van der Waals surface area contributed by atoms with Crippen LogP contribution in [0.15, 0.2) is 24.3 Å². The maximum atomic E-state index is 12.5. The summed E-state index contributed by atoms with van der Waals surface area (Å²) in [5.74, 6) is 0.957. The van der Waals surface area contributed by atoms with Gasteiger partial charge in [-0.2, -0.15) is 0 Å². The molecule has 3 heterocycles. The third-order valence-electron chi connectivity index (χ3n) is 5.35. The summed E-state index contributed by atoms with van der Waals surface area (Å²) >= 11 is 0. The van der Waals surface area contributed by atoms with E-state index >= 15 is 0 Å². The van der Waals surface area contributed by atoms with Crippen molar-refractivity contribution in [1.29, 1.82) is 0 Å². The van der Waals surface area contributed by atoms with Gasteiger partial charge in [0.15, 0.2) is 0 Å². The number of hydrogen-bond acceptors (Lipinski definition) is 4. The average molecular weight is 305 g/mol. The first-order valence-electron chi connectivity index (χ1n) is 7.77. The molecule has 0 saturated carbocycles. The van der Waals surface area contributed by atoms with Crippen molar-refractivity contribution in [2.75, 3.05) is 32.8 Å². The number of Topliss-reactive ketones (excluding diaryl/α,β-unsaturated/α-hetero) is 1. The summed E-state index contributed by atoms with van der Waals surface area (Å²) < 4.78 is 0.761. The zero-order chi connectivity index (χ0) is 15.7. The number of nitro groups is 1. The lowest BCUT2D eigenvalue weighted by Crippen LogP contribution is -2.63. The molecule has 22 heavy (non-hydrogen) atoms. The molecule has 1 unspecified atom stereocenters. The first-order chi connectivity index (χ1) is 10.5. The zero-order valence-electron chi connectivity index (χ0n) is 12.5. The van der Waals surface area contributed by atoms with Gasteiger partial charge >= 0.3 is 0 Å². The maximum absolute atomic E-state index is 12.5. The molecule has 2 bridgehead atoms. The predicted octanol–water partition coefficient (Wildman–Crippen LogP) is 1.63. The van der Waals surface area contributed by atoms with Crippen LogP contribution in [0.25, 0.3) is 0 Å². The van der Waals surface area contributed by atoms with Gasteiger partial charge < -0.3 is 9.59 Å². The molecule has 1 atom stereocenters. The Kier molecular flexibility index (Phi) is 3.97. The summed E-state index contributed by atoms with van der Waals surface area (Å²) in [5, 5.41) is 20.2. The first-order valence-corrected chi connectivity index (χ1v) is 7.77. The Morgan fingerprint density at radius 3 is 2.45 bits per heavy atom. The van der Waals surface area contributed by atoms with Crippen LogP contribution in [-0.4, -0.2) is 53.1 Å². The van der Waals surface area contributed by atoms with Gasteiger partial charge in [-0.05, 0) is 18.1 Å². The Morgan fingerprint density at radius 2 is 1.91 bits per heavy atom. The fourth-order valence-electron chi connectivity index (χ4n) is 4.03. The maximum Gasteiger partial charge on any atom is 0.269 e. The van der Waals surface area contributed by atoms with Crippen LogP contribution >= 0.6 is 0 Å². The summed E-state index contributed by atoms with van der Waals surface area (Å²) in [6.07, 6.45) is 2.16. The van der Waals surface area contributed by atoms with Gasteiger partial charge in [0.2, 0.25) is 5.78 Å². The molecule has 3 fully saturated rings. The van der Waals surface area contributed by atoms with Crippen molar-refractivity contribution in [3.8, 4) is 0 Å². The van der Waals surface area contributed by atoms with Crippen LogP contribution in [0.3, 0.4) is 0 Å². The van der Waals surface area contributed by atoms with E-state index in [2.05, 4.69) is 0 Å². The van der Waals surface area contributed by atoms with Gasteiger partial charge in [0.1, 0.15) is 6.54 Å². The van der Waals surface area contributed by atoms with E-state index in [0.29, 0.717) is 23.9 Å². The summed E-state index contributed by atoms with van der Waals surface area (Å²) in [4.78, 5) is 22.7. The molecule has 3 saturated heterocycles. The zero-order valence-corrected chi connectivity index (χ0v) is 12.5. The number of ketones is 1. The SMILES string of the molecule is O=C(C[N+]12CCC(CC1)C(CO)C2)c1ccc([N+](=O)[O-])cc1. The van der Waals surface area contributed by atoms with E-state index in [0.717, 1.165) is 37.0 Å². The Hall–Kier alpha value is -1.79. The van der Waals surface area contributed by atoms with E-state index in [1.165, 1.54) is 12.1 Å². The number of piperidine rings is 3. The Balaban J connectivity index is 1.72. The molecule has 0 amide bonds. The molecule has 118 valence electrons. The van der Waals surface area contributed by atoms with Gasteiger partial charge in [-0.1, -0.05) is 0 Å². The van der Waals surface area contributed by atoms with Crippen LogP contribution in [0.5, 0.6) is 0 Å². The Morgan fingerprint density at radius 1 is 1.27 bits per heavy atom. The van der Waals surface area contributed by atoms with Gasteiger partial charge in [-0.15, -0.1) is 0 Å². The van der Waals surface area contributed by atoms with Gasteiger partial charge in [0.25, 0.3) is 5.69 Å². The molecule has 0 aliphatic carbocycles. The van der Waals surface area contributed by atoms with Crippen LogP contribution in [0, 0.1) is 22.0 Å². The molecular formula is C16H21N2O4+. The Labute approximate surface area is 129 Å². The number of non-ortho nitro benzene ring substituents is 1. The third-order valence-corrected chi connectivity index (χ3v) is 5.35. The minimum Gasteiger partial charge on any atom is -0.396 e. The Bertz CT molecular complexity index is 576. The van der Waals surface area contributed by atoms with Crippen LogP contribution < -0.4 is 0 Å². The highest BCUT2D eigenvalue weighted by molar-refractivity contribution is 5.97. The van der Waals surface area contributed by atoms with Gasteiger partial charge in [-0.3, -0.25) is 14.9 Å². The number of hydrogen-bond donors (Lipinski definition) is 1. The summed E-state index contributed by atoms with van der Waals surface area (Å²) in [6.45, 7) is 3.51. The molecule has 0 aromatic heterocycles. The number of nitrogens with zero attached hydrogens (tertiary/aromatic N) is 2. The van der Waals surface area contributed by atoms with E-state index in [4.69, 9.17) is 0 Å². The van der Waals surface area contributed by atoms with Gasteiger partial charge in [0.05, 0.1) is 31.2 Å². The molecule has 1 aromatic rings. The van der Waals surface area contributed by atoms with E-state index in [1.54, 1.807) is 12.1 Å². The normalized spacial score (nSPS) is 30.2. The van der Waals surface area contributed by atoms with Crippen LogP contribution in [0.1, 0.15) is 23.2 Å². The molecule has 0 spiro atoms. The predicted molar refractivity (Wildman–Crippen MR) is 80.5 cm³/mol. The van der Waals surface area contributed by atoms with Crippen LogP contribution in [-0.2, 0) is 0 Å². The van der Waals surface area contributed by atoms with Crippen LogP contribution in [0.2, 0.25) is 0 Å². The van der Waals surface area contributed by atoms with E-state index in [-0.39, 0.29) is 18.1 Å². The van der Waals surface area contributed by atoms with Crippen molar-refractivity contribution < 1.29 is 19.3 Å². The largest absolute Gasteiger partial charge is 0.396 e. The van der Waals surface area contributed by atoms with Crippen molar-refractivity contribution in [1.82, 2.24) is 0 Å². The highest BCUT2D eigenvalue weighted by Gasteiger charge is 2.46. The molecule has 6 nitrogen and oxygen atoms in total. The molecule has 3 aliphatic rings. The quantitative estimate of drug-likeness (QED) is 0.388. The van der Waals surface area contributed by atoms with Crippen molar-refractivity contribution in [3.05, 3.63) is 39.9 Å². The lowest BCUT2D eigenvalue weighted by atomic mass is 9.77. The second kappa shape index (κ2) is 5.78. The molecule has 4 rings (SSSR count). The number of carbonyl (C=O) groups is 1. The molecule has 1 aromatic carbocycles. The van der Waals surface area contributed by atoms with Crippen molar-refractivity contribution in [2.24, 2.45) is 11.8 Å². The van der Waals surface area contributed by atoms with Crippen LogP contribution in [0.4, 0.5) is 5.69 Å². The number of quaternary nitrogens is 1. The number of nitro benzene ring substituents is 1. The van der Waals surface area contributed by atoms with Crippen molar-refractivity contribution in [2.45, 2.75) is 12.8 Å². The van der Waals surface area contributed by atoms with Crippen molar-refractivity contribution >= 4 is 11.5 Å². The smallest absolute Gasteiger partial charge is 0.269 e. The lowest BCUT2D eigenvalue weighted by molar-refractivity contribution is -0.939. The third kappa shape index (κ3) is 2.76. The number of fused-ring (bicyclic) bond motifs is 3. The second-order valence-electron chi connectivity index (χ2n) is 6.64. The summed E-state index contributed by atoms with van der Waals surface area (Å²) in [7, 11) is 0. The van der Waals surface area contributed by atoms with Crippen molar-refractivity contribution in [3.63, 3.8) is 0 Å². The molecule has 6 heteroatoms. The summed E-state index contributed by atoms with van der Waals surface area (Å²) in [6, 6.07) is 5.84. The number of aliphatic hydroxyl groups excluding tert-OH is 1. The fourth-order valence-corrected chi connectivity index (χ4v) is 4.03. The van der Waals surface area contributed by atoms with E-state index < -0.39 is 4.92 Å².